The first-order valence-electron chi connectivity index (χ1n) is 7.65. The molecule has 5 nitrogen and oxygen atoms in total. The largest absolute Gasteiger partial charge is 0.421 e. The van der Waals surface area contributed by atoms with E-state index in [0.29, 0.717) is 11.4 Å². The third-order valence-corrected chi connectivity index (χ3v) is 4.47. The van der Waals surface area contributed by atoms with Crippen LogP contribution in [0.5, 0.6) is 0 Å². The number of nitriles is 1. The maximum Gasteiger partial charge on any atom is 0.421 e. The molecule has 0 aromatic heterocycles. The van der Waals surface area contributed by atoms with Gasteiger partial charge in [0.05, 0.1) is 11.4 Å². The summed E-state index contributed by atoms with van der Waals surface area (Å²) >= 11 is 0. The number of amides is 2. The van der Waals surface area contributed by atoms with E-state index in [1.54, 1.807) is 36.4 Å². The van der Waals surface area contributed by atoms with Gasteiger partial charge < -0.3 is 10.6 Å². The standard InChI is InChI=1S/C18H11F3N4O/c19-18(20,21)17(11-6-2-1-3-7-11)12(10-22)15-23-13-8-4-5-9-14(13)25(15)16(26)24-17/h1-9,23H,(H,24,26)/t17-/m0/s1. The fourth-order valence-corrected chi connectivity index (χ4v) is 3.34. The van der Waals surface area contributed by atoms with Gasteiger partial charge in [0.2, 0.25) is 5.54 Å². The van der Waals surface area contributed by atoms with Crippen LogP contribution in [0.15, 0.2) is 66.0 Å². The highest BCUT2D eigenvalue weighted by Gasteiger charge is 2.64. The fraction of sp³-hybridized carbons (Fsp3) is 0.111. The Labute approximate surface area is 146 Å². The molecule has 0 bridgehead atoms. The van der Waals surface area contributed by atoms with Crippen molar-refractivity contribution in [3.8, 4) is 6.07 Å². The van der Waals surface area contributed by atoms with Crippen LogP contribution < -0.4 is 15.5 Å². The van der Waals surface area contributed by atoms with Crippen molar-refractivity contribution < 1.29 is 18.0 Å². The number of fused-ring (bicyclic) bond motifs is 3. The molecule has 2 aliphatic rings. The van der Waals surface area contributed by atoms with E-state index in [0.717, 1.165) is 4.90 Å². The Morgan fingerprint density at radius 3 is 2.35 bits per heavy atom. The minimum absolute atomic E-state index is 0.182. The van der Waals surface area contributed by atoms with E-state index in [1.807, 2.05) is 5.32 Å². The first kappa shape index (κ1) is 16.0. The molecule has 2 N–H and O–H groups in total. The summed E-state index contributed by atoms with van der Waals surface area (Å²) in [6.45, 7) is 0. The first-order chi connectivity index (χ1) is 12.4. The average Bonchev–Trinajstić information content (AvgIpc) is 3.01. The van der Waals surface area contributed by atoms with Crippen molar-refractivity contribution in [2.24, 2.45) is 0 Å². The van der Waals surface area contributed by atoms with Crippen LogP contribution in [0.3, 0.4) is 0 Å². The van der Waals surface area contributed by atoms with Gasteiger partial charge in [-0.05, 0) is 17.7 Å². The fourth-order valence-electron chi connectivity index (χ4n) is 3.34. The Hall–Kier alpha value is -3.47. The molecular formula is C18H11F3N4O. The third kappa shape index (κ3) is 1.94. The maximum absolute atomic E-state index is 14.2. The van der Waals surface area contributed by atoms with Gasteiger partial charge in [-0.1, -0.05) is 42.5 Å². The highest BCUT2D eigenvalue weighted by molar-refractivity contribution is 6.05. The van der Waals surface area contributed by atoms with Crippen LogP contribution in [0.25, 0.3) is 0 Å². The molecule has 0 saturated carbocycles. The molecular weight excluding hydrogens is 345 g/mol. The Morgan fingerprint density at radius 1 is 1.04 bits per heavy atom. The van der Waals surface area contributed by atoms with Gasteiger partial charge >= 0.3 is 12.2 Å². The highest BCUT2D eigenvalue weighted by atomic mass is 19.4. The SMILES string of the molecule is N#CC1=C2Nc3ccccc3N2C(=O)N[C@]1(c1ccccc1)C(F)(F)F. The zero-order valence-corrected chi connectivity index (χ0v) is 13.1. The highest BCUT2D eigenvalue weighted by Crippen LogP contribution is 2.50. The predicted molar refractivity (Wildman–Crippen MR) is 87.9 cm³/mol. The van der Waals surface area contributed by atoms with E-state index in [4.69, 9.17) is 0 Å². The lowest BCUT2D eigenvalue weighted by Gasteiger charge is -2.42. The molecule has 1 atom stereocenters. The molecule has 0 aliphatic carbocycles. The first-order valence-corrected chi connectivity index (χ1v) is 7.65. The molecule has 130 valence electrons. The van der Waals surface area contributed by atoms with Crippen LogP contribution in [-0.2, 0) is 5.54 Å². The summed E-state index contributed by atoms with van der Waals surface area (Å²) in [7, 11) is 0. The number of carbonyl (C=O) groups is 1. The van der Waals surface area contributed by atoms with E-state index in [-0.39, 0.29) is 11.4 Å². The number of rotatable bonds is 1. The summed E-state index contributed by atoms with van der Waals surface area (Å²) in [6.07, 6.45) is -4.93. The second kappa shape index (κ2) is 5.26. The molecule has 2 aromatic rings. The molecule has 26 heavy (non-hydrogen) atoms. The van der Waals surface area contributed by atoms with Crippen LogP contribution in [0.1, 0.15) is 5.56 Å². The van der Waals surface area contributed by atoms with Crippen LogP contribution in [0, 0.1) is 11.3 Å². The Kier molecular flexibility index (Phi) is 3.24. The summed E-state index contributed by atoms with van der Waals surface area (Å²) in [5.41, 5.74) is -2.94. The number of benzene rings is 2. The van der Waals surface area contributed by atoms with E-state index in [1.165, 1.54) is 24.3 Å². The lowest BCUT2D eigenvalue weighted by Crippen LogP contribution is -2.63. The van der Waals surface area contributed by atoms with E-state index >= 15 is 0 Å². The Bertz CT molecular complexity index is 978. The van der Waals surface area contributed by atoms with Crippen molar-refractivity contribution in [2.45, 2.75) is 11.7 Å². The Balaban J connectivity index is 2.04. The number of carbonyl (C=O) groups excluding carboxylic acids is 1. The molecule has 8 heteroatoms. The van der Waals surface area contributed by atoms with Gasteiger partial charge in [-0.2, -0.15) is 18.4 Å². The summed E-state index contributed by atoms with van der Waals surface area (Å²) < 4.78 is 42.7. The van der Waals surface area contributed by atoms with Crippen molar-refractivity contribution >= 4 is 17.4 Å². The third-order valence-electron chi connectivity index (χ3n) is 4.47. The number of alkyl halides is 3. The topological polar surface area (TPSA) is 68.2 Å². The summed E-state index contributed by atoms with van der Waals surface area (Å²) in [5, 5.41) is 14.5. The van der Waals surface area contributed by atoms with Crippen LogP contribution in [0.2, 0.25) is 0 Å². The number of hydrogen-bond donors (Lipinski definition) is 2. The van der Waals surface area contributed by atoms with Crippen LogP contribution in [-0.4, -0.2) is 12.2 Å². The predicted octanol–water partition coefficient (Wildman–Crippen LogP) is 3.83. The smallest absolute Gasteiger partial charge is 0.339 e. The average molecular weight is 356 g/mol. The number of halogens is 3. The van der Waals surface area contributed by atoms with Crippen molar-refractivity contribution in [1.29, 1.82) is 5.26 Å². The van der Waals surface area contributed by atoms with Crippen LogP contribution >= 0.6 is 0 Å². The summed E-state index contributed by atoms with van der Waals surface area (Å²) in [5.74, 6) is -0.182. The molecule has 2 heterocycles. The van der Waals surface area contributed by atoms with Crippen molar-refractivity contribution in [3.63, 3.8) is 0 Å². The zero-order chi connectivity index (χ0) is 18.5. The van der Waals surface area contributed by atoms with Gasteiger partial charge in [-0.15, -0.1) is 0 Å². The van der Waals surface area contributed by atoms with Gasteiger partial charge in [0.15, 0.2) is 0 Å². The lowest BCUT2D eigenvalue weighted by atomic mass is 9.80. The van der Waals surface area contributed by atoms with Crippen molar-refractivity contribution in [1.82, 2.24) is 5.32 Å². The quantitative estimate of drug-likeness (QED) is 0.816. The van der Waals surface area contributed by atoms with Crippen molar-refractivity contribution in [3.05, 3.63) is 71.6 Å². The van der Waals surface area contributed by atoms with Gasteiger partial charge in [-0.3, -0.25) is 0 Å². The molecule has 4 rings (SSSR count). The normalized spacial score (nSPS) is 21.5. The van der Waals surface area contributed by atoms with Crippen molar-refractivity contribution in [2.75, 3.05) is 10.2 Å². The molecule has 0 spiro atoms. The molecule has 2 amide bonds. The molecule has 0 unspecified atom stereocenters. The maximum atomic E-state index is 14.2. The minimum Gasteiger partial charge on any atom is -0.339 e. The van der Waals surface area contributed by atoms with Gasteiger partial charge in [0.1, 0.15) is 17.5 Å². The lowest BCUT2D eigenvalue weighted by molar-refractivity contribution is -0.184. The zero-order valence-electron chi connectivity index (χ0n) is 13.1. The summed E-state index contributed by atoms with van der Waals surface area (Å²) in [4.78, 5) is 13.7. The molecule has 0 fully saturated rings. The summed E-state index contributed by atoms with van der Waals surface area (Å²) in [6, 6.07) is 14.2. The Morgan fingerprint density at radius 2 is 1.69 bits per heavy atom. The molecule has 2 aromatic carbocycles. The number of nitrogens with zero attached hydrogens (tertiary/aromatic N) is 2. The number of para-hydroxylation sites is 2. The van der Waals surface area contributed by atoms with Crippen LogP contribution in [0.4, 0.5) is 29.3 Å². The van der Waals surface area contributed by atoms with E-state index in [9.17, 15) is 23.2 Å². The van der Waals surface area contributed by atoms with Gasteiger partial charge in [0, 0.05) is 0 Å². The molecule has 0 radical (unpaired) electrons. The molecule has 2 aliphatic heterocycles. The van der Waals surface area contributed by atoms with E-state index in [2.05, 4.69) is 5.32 Å². The monoisotopic (exact) mass is 356 g/mol. The minimum atomic E-state index is -4.93. The van der Waals surface area contributed by atoms with Gasteiger partial charge in [0.25, 0.3) is 0 Å². The number of hydrogen-bond acceptors (Lipinski definition) is 3. The number of urea groups is 1. The number of anilines is 2. The molecule has 0 saturated heterocycles. The second-order valence-corrected chi connectivity index (χ2v) is 5.86. The second-order valence-electron chi connectivity index (χ2n) is 5.86. The van der Waals surface area contributed by atoms with Gasteiger partial charge in [-0.25, -0.2) is 9.69 Å². The number of nitrogens with one attached hydrogen (secondary N) is 2. The van der Waals surface area contributed by atoms with E-state index < -0.39 is 23.3 Å².